The van der Waals surface area contributed by atoms with Crippen molar-refractivity contribution in [3.8, 4) is 0 Å². The highest BCUT2D eigenvalue weighted by molar-refractivity contribution is 4.78. The van der Waals surface area contributed by atoms with Crippen molar-refractivity contribution >= 4 is 0 Å². The maximum absolute atomic E-state index is 6.17. The van der Waals surface area contributed by atoms with Crippen molar-refractivity contribution in [3.05, 3.63) is 0 Å². The summed E-state index contributed by atoms with van der Waals surface area (Å²) in [5, 5.41) is 0. The van der Waals surface area contributed by atoms with Gasteiger partial charge in [-0.25, -0.2) is 0 Å². The fourth-order valence-corrected chi connectivity index (χ4v) is 4.95. The second-order valence-corrected chi connectivity index (χ2v) is 8.37. The van der Waals surface area contributed by atoms with E-state index in [1.54, 1.807) is 0 Å². The van der Waals surface area contributed by atoms with Gasteiger partial charge < -0.3 is 18.4 Å². The van der Waals surface area contributed by atoms with Gasteiger partial charge in [0.15, 0.2) is 0 Å². The first-order chi connectivity index (χ1) is 10.6. The van der Waals surface area contributed by atoms with Crippen LogP contribution in [-0.4, -0.2) is 88.3 Å². The van der Waals surface area contributed by atoms with E-state index in [0.717, 1.165) is 62.5 Å². The molecule has 4 heteroatoms. The molecule has 0 aromatic carbocycles. The van der Waals surface area contributed by atoms with Crippen molar-refractivity contribution < 1.29 is 18.4 Å². The Morgan fingerprint density at radius 2 is 1.73 bits per heavy atom. The Labute approximate surface area is 136 Å². The molecule has 0 aromatic heterocycles. The molecule has 0 amide bonds. The van der Waals surface area contributed by atoms with Crippen LogP contribution in [0.4, 0.5) is 0 Å². The minimum atomic E-state index is 0.800. The zero-order valence-electron chi connectivity index (χ0n) is 14.8. The normalized spacial score (nSPS) is 38.5. The van der Waals surface area contributed by atoms with E-state index in [2.05, 4.69) is 14.1 Å². The molecule has 0 saturated carbocycles. The van der Waals surface area contributed by atoms with E-state index in [1.807, 2.05) is 0 Å². The summed E-state index contributed by atoms with van der Waals surface area (Å²) in [6.07, 6.45) is 7.07. The first-order valence-electron chi connectivity index (χ1n) is 9.45. The number of likely N-dealkylation sites (N-methyl/N-ethyl adjacent to an activating group) is 1. The lowest BCUT2D eigenvalue weighted by Crippen LogP contribution is -2.61. The van der Waals surface area contributed by atoms with Crippen LogP contribution in [0.25, 0.3) is 0 Å². The highest BCUT2D eigenvalue weighted by Gasteiger charge is 2.43. The molecule has 3 heterocycles. The highest BCUT2D eigenvalue weighted by Crippen LogP contribution is 2.36. The summed E-state index contributed by atoms with van der Waals surface area (Å²) in [4.78, 5) is 0. The van der Waals surface area contributed by atoms with Crippen molar-refractivity contribution in [2.24, 2.45) is 5.92 Å². The zero-order valence-corrected chi connectivity index (χ0v) is 14.8. The van der Waals surface area contributed by atoms with Crippen LogP contribution in [0.15, 0.2) is 0 Å². The molecule has 0 bridgehead atoms. The lowest BCUT2D eigenvalue weighted by molar-refractivity contribution is -0.947. The minimum Gasteiger partial charge on any atom is -0.375 e. The molecule has 22 heavy (non-hydrogen) atoms. The zero-order chi connectivity index (χ0) is 15.5. The van der Waals surface area contributed by atoms with Crippen molar-refractivity contribution in [3.63, 3.8) is 0 Å². The van der Waals surface area contributed by atoms with Gasteiger partial charge in [0.25, 0.3) is 0 Å². The van der Waals surface area contributed by atoms with E-state index in [4.69, 9.17) is 9.47 Å². The molecule has 3 atom stereocenters. The Balaban J connectivity index is 1.43. The Bertz CT molecular complexity index is 353. The first kappa shape index (κ1) is 16.7. The number of morpholine rings is 1. The summed E-state index contributed by atoms with van der Waals surface area (Å²) in [5.74, 6) is 0.800. The quantitative estimate of drug-likeness (QED) is 0.570. The monoisotopic (exact) mass is 312 g/mol. The van der Waals surface area contributed by atoms with Gasteiger partial charge in [0.1, 0.15) is 19.6 Å². The number of fused-ring (bicyclic) bond motifs is 1. The molecule has 128 valence electrons. The Morgan fingerprint density at radius 3 is 2.55 bits per heavy atom. The number of piperidine rings is 2. The largest absolute Gasteiger partial charge is 0.375 e. The summed E-state index contributed by atoms with van der Waals surface area (Å²) in [6, 6.07) is 0.871. The number of hydrogen-bond acceptors (Lipinski definition) is 2. The number of hydrogen-bond donors (Lipinski definition) is 0. The lowest BCUT2D eigenvalue weighted by Gasteiger charge is -2.51. The third-order valence-corrected chi connectivity index (χ3v) is 6.67. The Kier molecular flexibility index (Phi) is 5.43. The van der Waals surface area contributed by atoms with Gasteiger partial charge in [-0.05, 0) is 25.7 Å². The first-order valence-corrected chi connectivity index (χ1v) is 9.45. The van der Waals surface area contributed by atoms with Crippen molar-refractivity contribution in [1.29, 1.82) is 0 Å². The van der Waals surface area contributed by atoms with Crippen LogP contribution in [0.3, 0.4) is 0 Å². The van der Waals surface area contributed by atoms with Crippen molar-refractivity contribution in [2.75, 3.05) is 73.2 Å². The molecule has 3 aliphatic heterocycles. The van der Waals surface area contributed by atoms with E-state index in [-0.39, 0.29) is 0 Å². The molecule has 3 saturated heterocycles. The molecule has 0 N–H and O–H groups in total. The summed E-state index contributed by atoms with van der Waals surface area (Å²) < 4.78 is 14.1. The van der Waals surface area contributed by atoms with Crippen LogP contribution >= 0.6 is 0 Å². The van der Waals surface area contributed by atoms with Gasteiger partial charge in [-0.15, -0.1) is 0 Å². The third kappa shape index (κ3) is 3.84. The van der Waals surface area contributed by atoms with Gasteiger partial charge >= 0.3 is 0 Å². The summed E-state index contributed by atoms with van der Waals surface area (Å²) >= 11 is 0. The lowest BCUT2D eigenvalue weighted by atomic mass is 9.82. The van der Waals surface area contributed by atoms with E-state index < -0.39 is 0 Å². The number of quaternary nitrogens is 2. The fraction of sp³-hybridized carbons (Fsp3) is 1.00. The average molecular weight is 312 g/mol. The molecular weight excluding hydrogens is 276 g/mol. The van der Waals surface area contributed by atoms with Crippen molar-refractivity contribution in [1.82, 2.24) is 0 Å². The molecule has 0 unspecified atom stereocenters. The topological polar surface area (TPSA) is 18.5 Å². The summed E-state index contributed by atoms with van der Waals surface area (Å²) in [5.41, 5.74) is 0. The molecular formula is C18H36N2O2+2. The van der Waals surface area contributed by atoms with Gasteiger partial charge in [-0.2, -0.15) is 0 Å². The predicted octanol–water partition coefficient (Wildman–Crippen LogP) is 1.89. The smallest absolute Gasteiger partial charge is 0.102 e. The van der Waals surface area contributed by atoms with Crippen LogP contribution in [0.5, 0.6) is 0 Å². The minimum absolute atomic E-state index is 0.800. The van der Waals surface area contributed by atoms with Gasteiger partial charge in [-0.3, -0.25) is 0 Å². The second kappa shape index (κ2) is 7.16. The molecule has 0 aromatic rings. The molecule has 0 aliphatic carbocycles. The summed E-state index contributed by atoms with van der Waals surface area (Å²) in [7, 11) is 4.84. The van der Waals surface area contributed by atoms with E-state index in [9.17, 15) is 0 Å². The predicted molar refractivity (Wildman–Crippen MR) is 88.7 cm³/mol. The standard InChI is InChI=1S/C18H36N2O2/c1-19(10-13-21-14-11-19)12-15-22-16-17-6-5-9-20(2)8-4-3-7-18(17)20/h17-18H,3-16H2,1-2H3/q+2/t17-,18-,20+/m0/s1. The van der Waals surface area contributed by atoms with Gasteiger partial charge in [-0.1, -0.05) is 0 Å². The fourth-order valence-electron chi connectivity index (χ4n) is 4.95. The molecule has 3 aliphatic rings. The molecule has 4 nitrogen and oxygen atoms in total. The molecule has 0 spiro atoms. The van der Waals surface area contributed by atoms with E-state index in [0.29, 0.717) is 0 Å². The highest BCUT2D eigenvalue weighted by atomic mass is 16.5. The second-order valence-electron chi connectivity index (χ2n) is 8.37. The average Bonchev–Trinajstić information content (AvgIpc) is 2.51. The Morgan fingerprint density at radius 1 is 0.955 bits per heavy atom. The van der Waals surface area contributed by atoms with Gasteiger partial charge in [0.05, 0.1) is 59.7 Å². The van der Waals surface area contributed by atoms with Gasteiger partial charge in [0, 0.05) is 12.3 Å². The van der Waals surface area contributed by atoms with E-state index in [1.165, 1.54) is 49.7 Å². The number of rotatable bonds is 5. The number of ether oxygens (including phenoxy) is 2. The maximum atomic E-state index is 6.17. The van der Waals surface area contributed by atoms with Crippen LogP contribution in [0.1, 0.15) is 32.1 Å². The number of nitrogens with zero attached hydrogens (tertiary/aromatic N) is 2. The molecule has 3 rings (SSSR count). The van der Waals surface area contributed by atoms with E-state index >= 15 is 0 Å². The third-order valence-electron chi connectivity index (χ3n) is 6.67. The molecule has 3 fully saturated rings. The molecule has 0 radical (unpaired) electrons. The SMILES string of the molecule is C[N+]1(CCOC[C@@H]2CCC[N@@+]3(C)CCCC[C@@H]23)CCOCC1. The van der Waals surface area contributed by atoms with Crippen LogP contribution in [0, 0.1) is 5.92 Å². The van der Waals surface area contributed by atoms with Crippen LogP contribution in [0.2, 0.25) is 0 Å². The maximum Gasteiger partial charge on any atom is 0.102 e. The van der Waals surface area contributed by atoms with Crippen LogP contribution in [-0.2, 0) is 9.47 Å². The summed E-state index contributed by atoms with van der Waals surface area (Å²) in [6.45, 7) is 9.97. The Hall–Kier alpha value is -0.160. The van der Waals surface area contributed by atoms with Crippen LogP contribution < -0.4 is 0 Å². The van der Waals surface area contributed by atoms with Gasteiger partial charge in [0.2, 0.25) is 0 Å². The van der Waals surface area contributed by atoms with Crippen molar-refractivity contribution in [2.45, 2.75) is 38.1 Å².